The van der Waals surface area contributed by atoms with Crippen molar-refractivity contribution in [3.8, 4) is 0 Å². The van der Waals surface area contributed by atoms with Crippen molar-refractivity contribution in [3.05, 3.63) is 16.3 Å². The van der Waals surface area contributed by atoms with Gasteiger partial charge in [0, 0.05) is 0 Å². The number of rotatable bonds is 5. The number of aliphatic hydroxyl groups is 1. The lowest BCUT2D eigenvalue weighted by atomic mass is 9.78. The van der Waals surface area contributed by atoms with E-state index in [1.807, 2.05) is 6.92 Å². The summed E-state index contributed by atoms with van der Waals surface area (Å²) in [7, 11) is -3.97. The van der Waals surface area contributed by atoms with Gasteiger partial charge in [-0.05, 0) is 30.2 Å². The van der Waals surface area contributed by atoms with Crippen molar-refractivity contribution in [1.29, 1.82) is 0 Å². The normalized spacial score (nSPS) is 26.7. The molecule has 0 aliphatic heterocycles. The van der Waals surface area contributed by atoms with Crippen LogP contribution < -0.4 is 4.72 Å². The highest BCUT2D eigenvalue weighted by molar-refractivity contribution is 7.89. The standard InChI is InChI=1S/C13H19NO5S2/c1-9-3-2-5-13(7-9,8-15)14-21(18,19)10-4-6-20-11(10)12(16)17/h4,6,9,14-15H,2-3,5,7-8H2,1H3,(H,16,17). The number of hydrogen-bond donors (Lipinski definition) is 3. The van der Waals surface area contributed by atoms with E-state index in [1.54, 1.807) is 0 Å². The van der Waals surface area contributed by atoms with E-state index in [-0.39, 0.29) is 16.4 Å². The fraction of sp³-hybridized carbons (Fsp3) is 0.615. The van der Waals surface area contributed by atoms with E-state index >= 15 is 0 Å². The van der Waals surface area contributed by atoms with Crippen LogP contribution in [0.25, 0.3) is 0 Å². The lowest BCUT2D eigenvalue weighted by Gasteiger charge is -2.38. The Morgan fingerprint density at radius 3 is 2.86 bits per heavy atom. The first-order valence-electron chi connectivity index (χ1n) is 6.75. The molecule has 1 fully saturated rings. The second-order valence-corrected chi connectivity index (χ2v) is 8.23. The van der Waals surface area contributed by atoms with E-state index in [0.717, 1.165) is 24.2 Å². The van der Waals surface area contributed by atoms with Crippen LogP contribution in [0.15, 0.2) is 16.3 Å². The van der Waals surface area contributed by atoms with Crippen LogP contribution in [-0.4, -0.2) is 36.7 Å². The SMILES string of the molecule is CC1CCCC(CO)(NS(=O)(=O)c2ccsc2C(=O)O)C1. The highest BCUT2D eigenvalue weighted by atomic mass is 32.2. The number of sulfonamides is 1. The minimum atomic E-state index is -3.97. The van der Waals surface area contributed by atoms with Gasteiger partial charge < -0.3 is 10.2 Å². The van der Waals surface area contributed by atoms with Crippen molar-refractivity contribution in [2.75, 3.05) is 6.61 Å². The van der Waals surface area contributed by atoms with Gasteiger partial charge in [0.1, 0.15) is 9.77 Å². The molecule has 0 bridgehead atoms. The Balaban J connectivity index is 2.31. The molecule has 1 aliphatic rings. The third-order valence-electron chi connectivity index (χ3n) is 3.86. The predicted molar refractivity (Wildman–Crippen MR) is 79.0 cm³/mol. The largest absolute Gasteiger partial charge is 0.477 e. The number of carboxylic acid groups (broad SMARTS) is 1. The Hall–Kier alpha value is -0.960. The Bertz CT molecular complexity index is 624. The van der Waals surface area contributed by atoms with E-state index in [2.05, 4.69) is 4.72 Å². The van der Waals surface area contributed by atoms with Gasteiger partial charge in [-0.15, -0.1) is 11.3 Å². The van der Waals surface area contributed by atoms with Gasteiger partial charge in [0.2, 0.25) is 10.0 Å². The fourth-order valence-corrected chi connectivity index (χ4v) is 5.63. The molecule has 1 aliphatic carbocycles. The summed E-state index contributed by atoms with van der Waals surface area (Å²) in [5.74, 6) is -0.949. The van der Waals surface area contributed by atoms with Crippen molar-refractivity contribution in [3.63, 3.8) is 0 Å². The molecular weight excluding hydrogens is 314 g/mol. The third kappa shape index (κ3) is 3.45. The second-order valence-electron chi connectivity index (χ2n) is 5.66. The van der Waals surface area contributed by atoms with Crippen molar-refractivity contribution in [2.45, 2.75) is 43.0 Å². The molecular formula is C13H19NO5S2. The minimum absolute atomic E-state index is 0.209. The topological polar surface area (TPSA) is 104 Å². The van der Waals surface area contributed by atoms with Crippen molar-refractivity contribution < 1.29 is 23.4 Å². The van der Waals surface area contributed by atoms with E-state index in [4.69, 9.17) is 5.11 Å². The molecule has 21 heavy (non-hydrogen) atoms. The summed E-state index contributed by atoms with van der Waals surface area (Å²) in [4.78, 5) is 10.7. The summed E-state index contributed by atoms with van der Waals surface area (Å²) in [6.07, 6.45) is 2.94. The van der Waals surface area contributed by atoms with E-state index < -0.39 is 21.5 Å². The summed E-state index contributed by atoms with van der Waals surface area (Å²) in [6, 6.07) is 1.29. The molecule has 2 atom stereocenters. The summed E-state index contributed by atoms with van der Waals surface area (Å²) < 4.78 is 27.5. The second kappa shape index (κ2) is 6.04. The molecule has 0 saturated heterocycles. The maximum absolute atomic E-state index is 12.5. The zero-order valence-electron chi connectivity index (χ0n) is 11.7. The van der Waals surface area contributed by atoms with Crippen LogP contribution in [0.1, 0.15) is 42.3 Å². The molecule has 1 saturated carbocycles. The first-order valence-corrected chi connectivity index (χ1v) is 9.11. The summed E-state index contributed by atoms with van der Waals surface area (Å²) in [5, 5.41) is 20.2. The monoisotopic (exact) mass is 333 g/mol. The molecule has 1 aromatic heterocycles. The summed E-state index contributed by atoms with van der Waals surface area (Å²) >= 11 is 0.872. The molecule has 6 nitrogen and oxygen atoms in total. The molecule has 0 amide bonds. The predicted octanol–water partition coefficient (Wildman–Crippen LogP) is 1.67. The fourth-order valence-electron chi connectivity index (χ4n) is 2.93. The molecule has 1 aromatic rings. The first-order chi connectivity index (χ1) is 9.80. The van der Waals surface area contributed by atoms with Crippen LogP contribution >= 0.6 is 11.3 Å². The Morgan fingerprint density at radius 2 is 2.29 bits per heavy atom. The highest BCUT2D eigenvalue weighted by Gasteiger charge is 2.39. The molecule has 0 radical (unpaired) electrons. The smallest absolute Gasteiger partial charge is 0.347 e. The van der Waals surface area contributed by atoms with Crippen LogP contribution in [0.4, 0.5) is 0 Å². The maximum atomic E-state index is 12.5. The summed E-state index contributed by atoms with van der Waals surface area (Å²) in [5.41, 5.74) is -0.895. The van der Waals surface area contributed by atoms with E-state index in [1.165, 1.54) is 11.4 Å². The van der Waals surface area contributed by atoms with Gasteiger partial charge in [0.05, 0.1) is 12.1 Å². The average Bonchev–Trinajstić information content (AvgIpc) is 2.88. The number of carboxylic acids is 1. The van der Waals surface area contributed by atoms with Gasteiger partial charge in [0.15, 0.2) is 0 Å². The summed E-state index contributed by atoms with van der Waals surface area (Å²) in [6.45, 7) is 1.73. The van der Waals surface area contributed by atoms with Gasteiger partial charge in [-0.25, -0.2) is 17.9 Å². The highest BCUT2D eigenvalue weighted by Crippen LogP contribution is 2.34. The van der Waals surface area contributed by atoms with Crippen LogP contribution in [0.2, 0.25) is 0 Å². The van der Waals surface area contributed by atoms with Crippen LogP contribution in [0, 0.1) is 5.92 Å². The van der Waals surface area contributed by atoms with Gasteiger partial charge in [-0.3, -0.25) is 0 Å². The zero-order chi connectivity index (χ0) is 15.7. The zero-order valence-corrected chi connectivity index (χ0v) is 13.3. The molecule has 0 spiro atoms. The number of hydrogen-bond acceptors (Lipinski definition) is 5. The number of aromatic carboxylic acids is 1. The molecule has 8 heteroatoms. The first kappa shape index (κ1) is 16.4. The number of aliphatic hydroxyl groups excluding tert-OH is 1. The molecule has 3 N–H and O–H groups in total. The van der Waals surface area contributed by atoms with Crippen molar-refractivity contribution in [2.24, 2.45) is 5.92 Å². The van der Waals surface area contributed by atoms with Crippen molar-refractivity contribution >= 4 is 27.3 Å². The number of thiophene rings is 1. The van der Waals surface area contributed by atoms with Gasteiger partial charge in [-0.2, -0.15) is 0 Å². The van der Waals surface area contributed by atoms with Crippen molar-refractivity contribution in [1.82, 2.24) is 4.72 Å². The number of nitrogens with one attached hydrogen (secondary N) is 1. The molecule has 2 rings (SSSR count). The van der Waals surface area contributed by atoms with Gasteiger partial charge in [-0.1, -0.05) is 19.8 Å². The number of carbonyl (C=O) groups is 1. The maximum Gasteiger partial charge on any atom is 0.347 e. The lowest BCUT2D eigenvalue weighted by Crippen LogP contribution is -2.53. The molecule has 118 valence electrons. The quantitative estimate of drug-likeness (QED) is 0.760. The van der Waals surface area contributed by atoms with Gasteiger partial charge in [0.25, 0.3) is 0 Å². The third-order valence-corrected chi connectivity index (χ3v) is 6.51. The molecule has 1 heterocycles. The average molecular weight is 333 g/mol. The Morgan fingerprint density at radius 1 is 1.57 bits per heavy atom. The van der Waals surface area contributed by atoms with Crippen LogP contribution in [0.5, 0.6) is 0 Å². The lowest BCUT2D eigenvalue weighted by molar-refractivity contribution is 0.0698. The Labute approximate surface area is 127 Å². The molecule has 0 aromatic carbocycles. The van der Waals surface area contributed by atoms with Crippen LogP contribution in [0.3, 0.4) is 0 Å². The van der Waals surface area contributed by atoms with Crippen LogP contribution in [-0.2, 0) is 10.0 Å². The van der Waals surface area contributed by atoms with E-state index in [9.17, 15) is 18.3 Å². The minimum Gasteiger partial charge on any atom is -0.477 e. The Kier molecular flexibility index (Phi) is 4.72. The van der Waals surface area contributed by atoms with E-state index in [0.29, 0.717) is 18.8 Å². The molecule has 2 unspecified atom stereocenters. The van der Waals surface area contributed by atoms with Gasteiger partial charge >= 0.3 is 5.97 Å².